The molecule has 176 valence electrons. The van der Waals surface area contributed by atoms with E-state index in [2.05, 4.69) is 38.0 Å². The highest BCUT2D eigenvalue weighted by molar-refractivity contribution is 9.10. The number of halogens is 4. The van der Waals surface area contributed by atoms with Crippen molar-refractivity contribution in [1.82, 2.24) is 24.7 Å². The van der Waals surface area contributed by atoms with Crippen LogP contribution < -0.4 is 4.90 Å². The summed E-state index contributed by atoms with van der Waals surface area (Å²) in [6.45, 7) is 1.96. The molecule has 0 saturated carbocycles. The number of rotatable bonds is 5. The van der Waals surface area contributed by atoms with Gasteiger partial charge < -0.3 is 4.90 Å². The number of pyridine rings is 1. The maximum absolute atomic E-state index is 12.8. The first kappa shape index (κ1) is 23.0. The molecule has 0 bridgehead atoms. The first-order valence-electron chi connectivity index (χ1n) is 10.7. The number of nitrogens with zero attached hydrogens (tertiary/aromatic N) is 6. The summed E-state index contributed by atoms with van der Waals surface area (Å²) in [6, 6.07) is 10.6. The number of benzene rings is 1. The average molecular weight is 549 g/mol. The largest absolute Gasteiger partial charge is 0.417 e. The molecule has 4 aromatic rings. The molecule has 1 aromatic carbocycles. The van der Waals surface area contributed by atoms with Crippen molar-refractivity contribution in [2.24, 2.45) is 0 Å². The van der Waals surface area contributed by atoms with Crippen molar-refractivity contribution in [2.75, 3.05) is 18.0 Å². The quantitative estimate of drug-likeness (QED) is 0.305. The molecule has 0 aliphatic carbocycles. The van der Waals surface area contributed by atoms with Gasteiger partial charge in [0.1, 0.15) is 11.6 Å². The predicted molar refractivity (Wildman–Crippen MR) is 128 cm³/mol. The van der Waals surface area contributed by atoms with E-state index in [1.165, 1.54) is 17.4 Å². The van der Waals surface area contributed by atoms with Crippen LogP contribution in [0.4, 0.5) is 19.0 Å². The molecule has 0 unspecified atom stereocenters. The molecule has 1 saturated heterocycles. The summed E-state index contributed by atoms with van der Waals surface area (Å²) >= 11 is 4.97. The second-order valence-electron chi connectivity index (χ2n) is 8.08. The van der Waals surface area contributed by atoms with Gasteiger partial charge in [0.15, 0.2) is 5.01 Å². The Balaban J connectivity index is 1.34. The Bertz CT molecular complexity index is 1230. The summed E-state index contributed by atoms with van der Waals surface area (Å²) in [5.41, 5.74) is 0.383. The lowest BCUT2D eigenvalue weighted by Crippen LogP contribution is -2.34. The van der Waals surface area contributed by atoms with Crippen molar-refractivity contribution in [2.45, 2.75) is 31.5 Å². The van der Waals surface area contributed by atoms with E-state index in [1.807, 2.05) is 27.1 Å². The molecule has 3 aromatic heterocycles. The lowest BCUT2D eigenvalue weighted by atomic mass is 9.95. The van der Waals surface area contributed by atoms with E-state index < -0.39 is 11.7 Å². The minimum atomic E-state index is -4.38. The lowest BCUT2D eigenvalue weighted by Gasteiger charge is -2.32. The molecule has 0 amide bonds. The zero-order valence-electron chi connectivity index (χ0n) is 17.9. The molecule has 1 aliphatic rings. The zero-order valence-corrected chi connectivity index (χ0v) is 20.3. The molecule has 0 atom stereocenters. The molecule has 4 heterocycles. The maximum atomic E-state index is 12.8. The van der Waals surface area contributed by atoms with E-state index in [4.69, 9.17) is 10.1 Å². The van der Waals surface area contributed by atoms with Crippen molar-refractivity contribution in [3.05, 3.63) is 75.6 Å². The molecule has 5 rings (SSSR count). The molecule has 1 fully saturated rings. The van der Waals surface area contributed by atoms with Crippen molar-refractivity contribution < 1.29 is 13.2 Å². The van der Waals surface area contributed by atoms with Gasteiger partial charge >= 0.3 is 6.18 Å². The van der Waals surface area contributed by atoms with Gasteiger partial charge in [-0.25, -0.2) is 19.6 Å². The van der Waals surface area contributed by atoms with E-state index in [0.29, 0.717) is 31.3 Å². The smallest absolute Gasteiger partial charge is 0.357 e. The third-order valence-corrected chi connectivity index (χ3v) is 7.13. The fourth-order valence-corrected chi connectivity index (χ4v) is 4.90. The highest BCUT2D eigenvalue weighted by Crippen LogP contribution is 2.33. The highest BCUT2D eigenvalue weighted by Gasteiger charge is 2.31. The van der Waals surface area contributed by atoms with Gasteiger partial charge in [0.2, 0.25) is 5.82 Å². The van der Waals surface area contributed by atoms with Crippen LogP contribution in [0, 0.1) is 0 Å². The summed E-state index contributed by atoms with van der Waals surface area (Å²) in [7, 11) is 0. The monoisotopic (exact) mass is 548 g/mol. The van der Waals surface area contributed by atoms with Crippen LogP contribution in [0.1, 0.15) is 35.7 Å². The number of hydrogen-bond donors (Lipinski definition) is 0. The Labute approximate surface area is 206 Å². The van der Waals surface area contributed by atoms with Crippen LogP contribution in [0.25, 0.3) is 10.8 Å². The first-order valence-corrected chi connectivity index (χ1v) is 12.4. The molecule has 0 radical (unpaired) electrons. The van der Waals surface area contributed by atoms with Crippen LogP contribution in [0.5, 0.6) is 0 Å². The van der Waals surface area contributed by atoms with Gasteiger partial charge in [0.05, 0.1) is 12.1 Å². The summed E-state index contributed by atoms with van der Waals surface area (Å²) in [4.78, 5) is 15.3. The van der Waals surface area contributed by atoms with Crippen LogP contribution in [-0.2, 0) is 12.7 Å². The van der Waals surface area contributed by atoms with Gasteiger partial charge in [-0.3, -0.25) is 0 Å². The van der Waals surface area contributed by atoms with Crippen molar-refractivity contribution >= 4 is 33.1 Å². The second kappa shape index (κ2) is 9.46. The predicted octanol–water partition coefficient (Wildman–Crippen LogP) is 6.01. The van der Waals surface area contributed by atoms with E-state index in [1.54, 1.807) is 6.20 Å². The van der Waals surface area contributed by atoms with Crippen molar-refractivity contribution in [3.8, 4) is 10.8 Å². The van der Waals surface area contributed by atoms with Gasteiger partial charge in [-0.2, -0.15) is 13.2 Å². The fourth-order valence-electron chi connectivity index (χ4n) is 4.07. The number of aromatic nitrogens is 5. The molecule has 0 spiro atoms. The third-order valence-electron chi connectivity index (χ3n) is 5.83. The molecule has 0 N–H and O–H groups in total. The normalized spacial score (nSPS) is 15.1. The van der Waals surface area contributed by atoms with Crippen LogP contribution in [0.2, 0.25) is 0 Å². The topological polar surface area (TPSA) is 59.7 Å². The number of thiazole rings is 1. The van der Waals surface area contributed by atoms with Crippen LogP contribution >= 0.6 is 27.3 Å². The minimum Gasteiger partial charge on any atom is -0.357 e. The van der Waals surface area contributed by atoms with Gasteiger partial charge in [-0.05, 0) is 42.7 Å². The molecule has 11 heteroatoms. The number of alkyl halides is 3. The first-order chi connectivity index (χ1) is 16.4. The molecular formula is C23H20BrF3N6S. The molecule has 34 heavy (non-hydrogen) atoms. The Hall–Kier alpha value is -2.79. The number of anilines is 1. The Kier molecular flexibility index (Phi) is 6.39. The molecule has 6 nitrogen and oxygen atoms in total. The van der Waals surface area contributed by atoms with Gasteiger partial charge in [0.25, 0.3) is 0 Å². The highest BCUT2D eigenvalue weighted by atomic mass is 79.9. The fraction of sp³-hybridized carbons (Fsp3) is 0.304. The summed E-state index contributed by atoms with van der Waals surface area (Å²) < 4.78 is 41.5. The summed E-state index contributed by atoms with van der Waals surface area (Å²) in [5, 5.41) is 7.45. The average Bonchev–Trinajstić information content (AvgIpc) is 3.51. The SMILES string of the molecule is FC(F)(F)c1ccc(N2CCC(c3nc(-c4nccs4)nn3Cc3ccc(Br)cc3)CC2)nc1. The Morgan fingerprint density at radius 3 is 2.41 bits per heavy atom. The standard InChI is InChI=1S/C23H20BrF3N6S/c24-18-4-1-15(2-5-18)14-33-21(30-20(31-33)22-28-9-12-34-22)16-7-10-32(11-8-16)19-6-3-17(13-29-19)23(25,26)27/h1-6,9,12-13,16H,7-8,10-11,14H2. The van der Waals surface area contributed by atoms with Crippen LogP contribution in [0.3, 0.4) is 0 Å². The van der Waals surface area contributed by atoms with Gasteiger partial charge in [-0.1, -0.05) is 28.1 Å². The third kappa shape index (κ3) is 5.00. The maximum Gasteiger partial charge on any atom is 0.417 e. The van der Waals surface area contributed by atoms with Crippen molar-refractivity contribution in [3.63, 3.8) is 0 Å². The molecule has 1 aliphatic heterocycles. The zero-order chi connectivity index (χ0) is 23.7. The van der Waals surface area contributed by atoms with Crippen LogP contribution in [0.15, 0.2) is 58.6 Å². The summed E-state index contributed by atoms with van der Waals surface area (Å²) in [5.74, 6) is 2.27. The lowest BCUT2D eigenvalue weighted by molar-refractivity contribution is -0.137. The Morgan fingerprint density at radius 1 is 1.03 bits per heavy atom. The molecular weight excluding hydrogens is 529 g/mol. The van der Waals surface area contributed by atoms with Crippen molar-refractivity contribution in [1.29, 1.82) is 0 Å². The number of hydrogen-bond acceptors (Lipinski definition) is 6. The van der Waals surface area contributed by atoms with Crippen LogP contribution in [-0.4, -0.2) is 37.8 Å². The number of piperidine rings is 1. The van der Waals surface area contributed by atoms with E-state index in [9.17, 15) is 13.2 Å². The Morgan fingerprint density at radius 2 is 1.79 bits per heavy atom. The second-order valence-corrected chi connectivity index (χ2v) is 9.89. The van der Waals surface area contributed by atoms with E-state index in [0.717, 1.165) is 46.0 Å². The van der Waals surface area contributed by atoms with Gasteiger partial charge in [-0.15, -0.1) is 16.4 Å². The van der Waals surface area contributed by atoms with E-state index >= 15 is 0 Å². The summed E-state index contributed by atoms with van der Waals surface area (Å²) in [6.07, 6.45) is -0.133. The minimum absolute atomic E-state index is 0.183. The van der Waals surface area contributed by atoms with E-state index in [-0.39, 0.29) is 5.92 Å². The van der Waals surface area contributed by atoms with Gasteiger partial charge in [0, 0.05) is 41.3 Å².